The number of nitrogens with zero attached hydrogens (tertiary/aromatic N) is 2. The van der Waals surface area contributed by atoms with E-state index in [2.05, 4.69) is 11.6 Å². The van der Waals surface area contributed by atoms with E-state index in [0.29, 0.717) is 20.7 Å². The van der Waals surface area contributed by atoms with Crippen molar-refractivity contribution in [2.45, 2.75) is 13.8 Å². The molecule has 0 bridgehead atoms. The zero-order chi connectivity index (χ0) is 14.2. The van der Waals surface area contributed by atoms with Crippen molar-refractivity contribution in [3.63, 3.8) is 0 Å². The first-order valence-electron chi connectivity index (χ1n) is 5.68. The fourth-order valence-electron chi connectivity index (χ4n) is 1.66. The molecule has 0 aliphatic heterocycles. The maximum atomic E-state index is 12.0. The number of thiophene rings is 1. The third kappa shape index (κ3) is 2.44. The van der Waals surface area contributed by atoms with Crippen LogP contribution in [0, 0.1) is 6.92 Å². The third-order valence-corrected chi connectivity index (χ3v) is 3.83. The molecular formula is C13H14N2O3S. The molecule has 0 aromatic carbocycles. The van der Waals surface area contributed by atoms with Crippen molar-refractivity contribution < 1.29 is 9.53 Å². The quantitative estimate of drug-likeness (QED) is 0.636. The largest absolute Gasteiger partial charge is 0.457 e. The van der Waals surface area contributed by atoms with Crippen LogP contribution in [0.25, 0.3) is 10.2 Å². The Hall–Kier alpha value is -1.95. The monoisotopic (exact) mass is 278 g/mol. The van der Waals surface area contributed by atoms with Crippen molar-refractivity contribution in [3.8, 4) is 0 Å². The zero-order valence-electron chi connectivity index (χ0n) is 11.0. The van der Waals surface area contributed by atoms with E-state index < -0.39 is 5.97 Å². The molecule has 6 heteroatoms. The summed E-state index contributed by atoms with van der Waals surface area (Å²) in [5.41, 5.74) is 1.24. The molecule has 2 rings (SSSR count). The summed E-state index contributed by atoms with van der Waals surface area (Å²) >= 11 is 1.18. The Labute approximate surface area is 114 Å². The van der Waals surface area contributed by atoms with Gasteiger partial charge in [0.25, 0.3) is 5.56 Å². The average Bonchev–Trinajstić information content (AvgIpc) is 2.69. The van der Waals surface area contributed by atoms with Crippen LogP contribution in [0.1, 0.15) is 22.2 Å². The van der Waals surface area contributed by atoms with Gasteiger partial charge in [0, 0.05) is 7.05 Å². The Morgan fingerprint density at radius 1 is 1.58 bits per heavy atom. The summed E-state index contributed by atoms with van der Waals surface area (Å²) in [6.07, 6.45) is 1.45. The molecule has 2 aromatic rings. The Morgan fingerprint density at radius 3 is 2.89 bits per heavy atom. The van der Waals surface area contributed by atoms with Crippen molar-refractivity contribution in [1.29, 1.82) is 0 Å². The predicted octanol–water partition coefficient (Wildman–Crippen LogP) is 2.04. The molecule has 0 unspecified atom stereocenters. The number of rotatable bonds is 3. The summed E-state index contributed by atoms with van der Waals surface area (Å²) < 4.78 is 6.50. The highest BCUT2D eigenvalue weighted by Crippen LogP contribution is 2.27. The van der Waals surface area contributed by atoms with Gasteiger partial charge in [-0.3, -0.25) is 4.79 Å². The van der Waals surface area contributed by atoms with Crippen LogP contribution in [-0.4, -0.2) is 22.1 Å². The first-order valence-corrected chi connectivity index (χ1v) is 6.49. The number of aromatic nitrogens is 2. The minimum Gasteiger partial charge on any atom is -0.457 e. The Balaban J connectivity index is 2.49. The van der Waals surface area contributed by atoms with Gasteiger partial charge in [0.1, 0.15) is 16.3 Å². The topological polar surface area (TPSA) is 61.2 Å². The molecule has 100 valence electrons. The summed E-state index contributed by atoms with van der Waals surface area (Å²) in [4.78, 5) is 29.1. The van der Waals surface area contributed by atoms with E-state index in [0.717, 1.165) is 5.57 Å². The lowest BCUT2D eigenvalue weighted by molar-refractivity contribution is 0.0545. The molecule has 5 nitrogen and oxygen atoms in total. The molecule has 2 heterocycles. The van der Waals surface area contributed by atoms with Gasteiger partial charge < -0.3 is 9.30 Å². The Bertz CT molecular complexity index is 727. The van der Waals surface area contributed by atoms with Crippen LogP contribution < -0.4 is 5.56 Å². The molecule has 19 heavy (non-hydrogen) atoms. The molecular weight excluding hydrogens is 264 g/mol. The van der Waals surface area contributed by atoms with E-state index in [1.165, 1.54) is 22.2 Å². The van der Waals surface area contributed by atoms with E-state index in [1.54, 1.807) is 20.9 Å². The third-order valence-electron chi connectivity index (χ3n) is 2.65. The second-order valence-electron chi connectivity index (χ2n) is 4.43. The van der Waals surface area contributed by atoms with E-state index in [9.17, 15) is 9.59 Å². The number of hydrogen-bond acceptors (Lipinski definition) is 5. The lowest BCUT2D eigenvalue weighted by Gasteiger charge is -2.02. The molecule has 0 aliphatic carbocycles. The van der Waals surface area contributed by atoms with Crippen LogP contribution in [0.5, 0.6) is 0 Å². The molecule has 0 aliphatic rings. The molecule has 0 spiro atoms. The van der Waals surface area contributed by atoms with Gasteiger partial charge in [-0.25, -0.2) is 9.78 Å². The van der Waals surface area contributed by atoms with Gasteiger partial charge in [0.15, 0.2) is 0 Å². The number of hydrogen-bond donors (Lipinski definition) is 0. The van der Waals surface area contributed by atoms with Gasteiger partial charge in [-0.1, -0.05) is 6.58 Å². The molecule has 0 fully saturated rings. The number of esters is 1. The predicted molar refractivity (Wildman–Crippen MR) is 74.7 cm³/mol. The fourth-order valence-corrected chi connectivity index (χ4v) is 2.69. The van der Waals surface area contributed by atoms with Crippen molar-refractivity contribution >= 4 is 27.5 Å². The van der Waals surface area contributed by atoms with Crippen molar-refractivity contribution in [1.82, 2.24) is 9.55 Å². The first kappa shape index (κ1) is 13.5. The van der Waals surface area contributed by atoms with Crippen LogP contribution in [0.3, 0.4) is 0 Å². The maximum absolute atomic E-state index is 12.0. The highest BCUT2D eigenvalue weighted by molar-refractivity contribution is 7.20. The number of carbonyl (C=O) groups excluding carboxylic acids is 1. The lowest BCUT2D eigenvalue weighted by Crippen LogP contribution is -2.16. The standard InChI is InChI=1S/C13H14N2O3S/c1-7(2)5-18-13(17)10-8(3)9-11(19-10)14-6-15(4)12(9)16/h6H,1,5H2,2-4H3. The summed E-state index contributed by atoms with van der Waals surface area (Å²) in [6.45, 7) is 7.37. The van der Waals surface area contributed by atoms with Crippen LogP contribution >= 0.6 is 11.3 Å². The number of carbonyl (C=O) groups is 1. The summed E-state index contributed by atoms with van der Waals surface area (Å²) in [7, 11) is 1.63. The second-order valence-corrected chi connectivity index (χ2v) is 5.43. The van der Waals surface area contributed by atoms with Gasteiger partial charge in [-0.05, 0) is 25.0 Å². The van der Waals surface area contributed by atoms with Crippen LogP contribution in [0.2, 0.25) is 0 Å². The molecule has 0 radical (unpaired) electrons. The maximum Gasteiger partial charge on any atom is 0.349 e. The second kappa shape index (κ2) is 4.97. The van der Waals surface area contributed by atoms with E-state index in [4.69, 9.17) is 4.74 Å². The summed E-state index contributed by atoms with van der Waals surface area (Å²) in [5, 5.41) is 0.484. The highest BCUT2D eigenvalue weighted by atomic mass is 32.1. The van der Waals surface area contributed by atoms with Gasteiger partial charge in [-0.15, -0.1) is 11.3 Å². The SMILES string of the molecule is C=C(C)COC(=O)c1sc2ncn(C)c(=O)c2c1C. The fraction of sp³-hybridized carbons (Fsp3) is 0.308. The number of fused-ring (bicyclic) bond motifs is 1. The highest BCUT2D eigenvalue weighted by Gasteiger charge is 2.19. The van der Waals surface area contributed by atoms with Gasteiger partial charge in [0.2, 0.25) is 0 Å². The minimum absolute atomic E-state index is 0.155. The van der Waals surface area contributed by atoms with Gasteiger partial charge in [-0.2, -0.15) is 0 Å². The van der Waals surface area contributed by atoms with E-state index in [1.807, 2.05) is 0 Å². The van der Waals surface area contributed by atoms with Gasteiger partial charge in [0.05, 0.1) is 11.7 Å². The lowest BCUT2D eigenvalue weighted by atomic mass is 10.2. The summed E-state index contributed by atoms with van der Waals surface area (Å²) in [5.74, 6) is -0.439. The van der Waals surface area contributed by atoms with Gasteiger partial charge >= 0.3 is 5.97 Å². The van der Waals surface area contributed by atoms with Crippen molar-refractivity contribution in [2.24, 2.45) is 7.05 Å². The number of ether oxygens (including phenoxy) is 1. The molecule has 2 aromatic heterocycles. The smallest absolute Gasteiger partial charge is 0.349 e. The molecule has 0 amide bonds. The Morgan fingerprint density at radius 2 is 2.26 bits per heavy atom. The number of aryl methyl sites for hydroxylation is 2. The van der Waals surface area contributed by atoms with Crippen molar-refractivity contribution in [3.05, 3.63) is 39.3 Å². The normalized spacial score (nSPS) is 10.7. The van der Waals surface area contributed by atoms with Crippen LogP contribution in [-0.2, 0) is 11.8 Å². The van der Waals surface area contributed by atoms with Crippen molar-refractivity contribution in [2.75, 3.05) is 6.61 Å². The van der Waals surface area contributed by atoms with Crippen LogP contribution in [0.4, 0.5) is 0 Å². The minimum atomic E-state index is -0.439. The molecule has 0 saturated heterocycles. The molecule has 0 atom stereocenters. The van der Waals surface area contributed by atoms with Crippen LogP contribution in [0.15, 0.2) is 23.3 Å². The summed E-state index contributed by atoms with van der Waals surface area (Å²) in [6, 6.07) is 0. The average molecular weight is 278 g/mol. The van der Waals surface area contributed by atoms with E-state index >= 15 is 0 Å². The molecule has 0 saturated carbocycles. The molecule has 0 N–H and O–H groups in total. The first-order chi connectivity index (χ1) is 8.91. The zero-order valence-corrected chi connectivity index (χ0v) is 11.8. The Kier molecular flexibility index (Phi) is 3.53. The van der Waals surface area contributed by atoms with E-state index in [-0.39, 0.29) is 12.2 Å².